The fourth-order valence-electron chi connectivity index (χ4n) is 3.93. The molecule has 0 N–H and O–H groups in total. The fraction of sp³-hybridized carbons (Fsp3) is 0.0400. The van der Waals surface area contributed by atoms with Crippen molar-refractivity contribution >= 4 is 0 Å². The van der Waals surface area contributed by atoms with Crippen molar-refractivity contribution in [2.45, 2.75) is 6.42 Å². The number of hydrogen-bond acceptors (Lipinski definition) is 0. The van der Waals surface area contributed by atoms with Crippen molar-refractivity contribution in [2.75, 3.05) is 0 Å². The summed E-state index contributed by atoms with van der Waals surface area (Å²) in [5.74, 6) is -4.10. The van der Waals surface area contributed by atoms with Crippen molar-refractivity contribution in [1.29, 1.82) is 0 Å². The summed E-state index contributed by atoms with van der Waals surface area (Å²) in [6.07, 6.45) is 0.585. The molecule has 1 aliphatic rings. The van der Waals surface area contributed by atoms with Gasteiger partial charge in [-0.3, -0.25) is 0 Å². The Morgan fingerprint density at radius 2 is 1.21 bits per heavy atom. The first-order valence-electron chi connectivity index (χ1n) is 9.11. The molecule has 1 radical (unpaired) electrons. The number of rotatable bonds is 2. The molecular formula is C25H13F4. The maximum absolute atomic E-state index is 14.7. The minimum atomic E-state index is -1.04. The topological polar surface area (TPSA) is 0 Å². The summed E-state index contributed by atoms with van der Waals surface area (Å²) in [7, 11) is 0. The summed E-state index contributed by atoms with van der Waals surface area (Å²) in [4.78, 5) is 0. The first-order chi connectivity index (χ1) is 14.0. The minimum Gasteiger partial charge on any atom is -0.204 e. The Hall–Kier alpha value is -3.40. The molecule has 0 spiro atoms. The van der Waals surface area contributed by atoms with Crippen molar-refractivity contribution in [2.24, 2.45) is 0 Å². The highest BCUT2D eigenvalue weighted by Crippen LogP contribution is 2.44. The molecule has 0 atom stereocenters. The van der Waals surface area contributed by atoms with Crippen LogP contribution in [0.25, 0.3) is 33.4 Å². The van der Waals surface area contributed by atoms with Crippen LogP contribution in [0.5, 0.6) is 0 Å². The van der Waals surface area contributed by atoms with Gasteiger partial charge >= 0.3 is 0 Å². The molecule has 0 aliphatic heterocycles. The fourth-order valence-corrected chi connectivity index (χ4v) is 3.93. The second-order valence-corrected chi connectivity index (χ2v) is 6.99. The van der Waals surface area contributed by atoms with Crippen LogP contribution in [0.4, 0.5) is 17.6 Å². The minimum absolute atomic E-state index is 0.0212. The predicted molar refractivity (Wildman–Crippen MR) is 104 cm³/mol. The van der Waals surface area contributed by atoms with Gasteiger partial charge in [0.25, 0.3) is 0 Å². The average Bonchev–Trinajstić information content (AvgIpc) is 3.09. The third-order valence-corrected chi connectivity index (χ3v) is 5.30. The molecule has 4 heteroatoms. The average molecular weight is 389 g/mol. The van der Waals surface area contributed by atoms with E-state index in [1.807, 2.05) is 24.3 Å². The van der Waals surface area contributed by atoms with Gasteiger partial charge in [0.2, 0.25) is 0 Å². The Morgan fingerprint density at radius 1 is 0.586 bits per heavy atom. The molecule has 4 aromatic carbocycles. The summed E-state index contributed by atoms with van der Waals surface area (Å²) in [5.41, 5.74) is 4.10. The maximum Gasteiger partial charge on any atom is 0.166 e. The summed E-state index contributed by atoms with van der Waals surface area (Å²) in [6.45, 7) is 0. The van der Waals surface area contributed by atoms with E-state index in [4.69, 9.17) is 0 Å². The molecule has 0 saturated carbocycles. The lowest BCUT2D eigenvalue weighted by Crippen LogP contribution is -1.97. The van der Waals surface area contributed by atoms with Gasteiger partial charge in [-0.05, 0) is 58.5 Å². The van der Waals surface area contributed by atoms with Gasteiger partial charge in [0.1, 0.15) is 0 Å². The van der Waals surface area contributed by atoms with Gasteiger partial charge in [-0.25, -0.2) is 17.6 Å². The summed E-state index contributed by atoms with van der Waals surface area (Å²) in [5, 5.41) is 0. The zero-order chi connectivity index (χ0) is 20.1. The first kappa shape index (κ1) is 17.7. The predicted octanol–water partition coefficient (Wildman–Crippen LogP) is 6.95. The van der Waals surface area contributed by atoms with E-state index in [9.17, 15) is 17.6 Å². The Bertz CT molecular complexity index is 1270. The first-order valence-corrected chi connectivity index (χ1v) is 9.11. The van der Waals surface area contributed by atoms with E-state index < -0.39 is 23.3 Å². The van der Waals surface area contributed by atoms with Gasteiger partial charge in [0.15, 0.2) is 23.3 Å². The quantitative estimate of drug-likeness (QED) is 0.287. The monoisotopic (exact) mass is 389 g/mol. The smallest absolute Gasteiger partial charge is 0.166 e. The van der Waals surface area contributed by atoms with Crippen LogP contribution >= 0.6 is 0 Å². The normalized spacial score (nSPS) is 12.0. The third-order valence-electron chi connectivity index (χ3n) is 5.30. The van der Waals surface area contributed by atoms with Gasteiger partial charge in [0.05, 0.1) is 0 Å². The maximum atomic E-state index is 14.7. The van der Waals surface area contributed by atoms with Crippen molar-refractivity contribution < 1.29 is 17.6 Å². The van der Waals surface area contributed by atoms with E-state index in [1.165, 1.54) is 24.3 Å². The SMILES string of the molecule is Fc1cccc(-c2[c]c3c(cc2-c2cccc(F)c2F)-c2ccccc2C3)c1F. The van der Waals surface area contributed by atoms with Crippen LogP contribution in [0.1, 0.15) is 11.1 Å². The van der Waals surface area contributed by atoms with Crippen LogP contribution in [0.2, 0.25) is 0 Å². The Labute approximate surface area is 165 Å². The lowest BCUT2D eigenvalue weighted by Gasteiger charge is -2.15. The van der Waals surface area contributed by atoms with Gasteiger partial charge < -0.3 is 0 Å². The molecular weight excluding hydrogens is 376 g/mol. The van der Waals surface area contributed by atoms with E-state index in [0.717, 1.165) is 34.4 Å². The molecule has 0 saturated heterocycles. The third kappa shape index (κ3) is 2.75. The van der Waals surface area contributed by atoms with E-state index >= 15 is 0 Å². The van der Waals surface area contributed by atoms with Gasteiger partial charge in [0, 0.05) is 16.7 Å². The molecule has 0 nitrogen and oxygen atoms in total. The molecule has 4 aromatic rings. The number of benzene rings is 4. The zero-order valence-corrected chi connectivity index (χ0v) is 15.1. The zero-order valence-electron chi connectivity index (χ0n) is 15.1. The number of fused-ring (bicyclic) bond motifs is 3. The van der Waals surface area contributed by atoms with Crippen LogP contribution in [0, 0.1) is 29.3 Å². The molecule has 141 valence electrons. The molecule has 5 rings (SSSR count). The molecule has 0 amide bonds. The van der Waals surface area contributed by atoms with Crippen LogP contribution in [-0.4, -0.2) is 0 Å². The van der Waals surface area contributed by atoms with Gasteiger partial charge in [-0.15, -0.1) is 0 Å². The van der Waals surface area contributed by atoms with Crippen molar-refractivity contribution in [3.05, 3.63) is 107 Å². The largest absolute Gasteiger partial charge is 0.204 e. The van der Waals surface area contributed by atoms with Crippen LogP contribution < -0.4 is 0 Å². The molecule has 1 aliphatic carbocycles. The van der Waals surface area contributed by atoms with Crippen LogP contribution in [-0.2, 0) is 6.42 Å². The highest BCUT2D eigenvalue weighted by Gasteiger charge is 2.25. The standard InChI is InChI=1S/C25H13F4/c26-22-9-3-7-17(24(22)28)20-12-15-11-14-5-1-2-6-16(14)19(15)13-21(20)18-8-4-10-23(27)25(18)29/h1-10,13H,11H2. The second-order valence-electron chi connectivity index (χ2n) is 6.99. The van der Waals surface area contributed by atoms with Crippen LogP contribution in [0.15, 0.2) is 66.7 Å². The lowest BCUT2D eigenvalue weighted by atomic mass is 9.89. The van der Waals surface area contributed by atoms with E-state index in [1.54, 1.807) is 6.07 Å². The summed E-state index contributed by atoms with van der Waals surface area (Å²) >= 11 is 0. The van der Waals surface area contributed by atoms with Gasteiger partial charge in [-0.1, -0.05) is 48.5 Å². The Kier molecular flexibility index (Phi) is 4.02. The highest BCUT2D eigenvalue weighted by molar-refractivity contribution is 5.90. The molecule has 0 bridgehead atoms. The number of halogens is 4. The summed E-state index contributed by atoms with van der Waals surface area (Å²) in [6, 6.07) is 20.3. The summed E-state index contributed by atoms with van der Waals surface area (Å²) < 4.78 is 57.1. The molecule has 0 fully saturated rings. The van der Waals surface area contributed by atoms with Crippen LogP contribution in [0.3, 0.4) is 0 Å². The molecule has 0 aromatic heterocycles. The van der Waals surface area contributed by atoms with Crippen molar-refractivity contribution in [3.63, 3.8) is 0 Å². The second kappa shape index (κ2) is 6.59. The Balaban J connectivity index is 1.85. The van der Waals surface area contributed by atoms with E-state index in [-0.39, 0.29) is 22.3 Å². The molecule has 0 heterocycles. The van der Waals surface area contributed by atoms with Gasteiger partial charge in [-0.2, -0.15) is 0 Å². The molecule has 0 unspecified atom stereocenters. The van der Waals surface area contributed by atoms with Crippen molar-refractivity contribution in [1.82, 2.24) is 0 Å². The number of hydrogen-bond donors (Lipinski definition) is 0. The Morgan fingerprint density at radius 3 is 1.97 bits per heavy atom. The highest BCUT2D eigenvalue weighted by atomic mass is 19.2. The van der Waals surface area contributed by atoms with E-state index in [2.05, 4.69) is 6.07 Å². The molecule has 29 heavy (non-hydrogen) atoms. The lowest BCUT2D eigenvalue weighted by molar-refractivity contribution is 0.510. The van der Waals surface area contributed by atoms with Crippen molar-refractivity contribution in [3.8, 4) is 33.4 Å². The van der Waals surface area contributed by atoms with E-state index in [0.29, 0.717) is 6.42 Å².